The van der Waals surface area contributed by atoms with Gasteiger partial charge in [-0.3, -0.25) is 4.79 Å². The molecule has 2 aromatic rings. The summed E-state index contributed by atoms with van der Waals surface area (Å²) in [5.74, 6) is 1.60. The number of hydrogen-bond acceptors (Lipinski definition) is 5. The lowest BCUT2D eigenvalue weighted by molar-refractivity contribution is 0.102. The van der Waals surface area contributed by atoms with Gasteiger partial charge in [-0.1, -0.05) is 6.42 Å². The number of sulfonamides is 1. The number of carbonyl (C=O) groups is 1. The zero-order valence-corrected chi connectivity index (χ0v) is 18.8. The Hall–Kier alpha value is -1.90. The molecule has 160 valence electrons. The summed E-state index contributed by atoms with van der Waals surface area (Å²) in [6, 6.07) is 9.66. The van der Waals surface area contributed by atoms with Crippen molar-refractivity contribution in [2.75, 3.05) is 11.6 Å². The molecule has 2 N–H and O–H groups in total. The lowest BCUT2D eigenvalue weighted by Gasteiger charge is -2.28. The fourth-order valence-corrected chi connectivity index (χ4v) is 6.79. The maximum atomic E-state index is 12.8. The first-order valence-corrected chi connectivity index (χ1v) is 13.0. The van der Waals surface area contributed by atoms with Gasteiger partial charge in [0.15, 0.2) is 0 Å². The van der Waals surface area contributed by atoms with Gasteiger partial charge in [-0.05, 0) is 86.6 Å². The van der Waals surface area contributed by atoms with Gasteiger partial charge < -0.3 is 5.32 Å². The summed E-state index contributed by atoms with van der Waals surface area (Å²) in [7, 11) is -3.60. The Morgan fingerprint density at radius 3 is 2.57 bits per heavy atom. The van der Waals surface area contributed by atoms with Crippen molar-refractivity contribution in [1.82, 2.24) is 9.71 Å². The van der Waals surface area contributed by atoms with Crippen LogP contribution in [0.5, 0.6) is 0 Å². The fraction of sp³-hybridized carbons (Fsp3) is 0.455. The van der Waals surface area contributed by atoms with E-state index < -0.39 is 10.0 Å². The molecule has 6 nitrogen and oxygen atoms in total. The maximum absolute atomic E-state index is 12.8. The predicted molar refractivity (Wildman–Crippen MR) is 119 cm³/mol. The first-order chi connectivity index (χ1) is 14.4. The van der Waals surface area contributed by atoms with Gasteiger partial charge in [0.25, 0.3) is 5.91 Å². The molecule has 2 aliphatic carbocycles. The summed E-state index contributed by atoms with van der Waals surface area (Å²) >= 11 is 1.40. The summed E-state index contributed by atoms with van der Waals surface area (Å²) < 4.78 is 28.5. The fourth-order valence-electron chi connectivity index (χ4n) is 4.95. The summed E-state index contributed by atoms with van der Waals surface area (Å²) in [6.45, 7) is 1.98. The number of nitrogens with one attached hydrogen (secondary N) is 2. The average Bonchev–Trinajstić information content (AvgIpc) is 3.37. The highest BCUT2D eigenvalue weighted by molar-refractivity contribution is 7.98. The van der Waals surface area contributed by atoms with Crippen LogP contribution in [0.15, 0.2) is 52.5 Å². The zero-order chi connectivity index (χ0) is 21.3. The van der Waals surface area contributed by atoms with Crippen LogP contribution in [0, 0.1) is 17.8 Å². The van der Waals surface area contributed by atoms with Crippen molar-refractivity contribution in [3.05, 3.63) is 48.2 Å². The number of anilines is 1. The Balaban J connectivity index is 1.41. The van der Waals surface area contributed by atoms with Crippen LogP contribution < -0.4 is 10.0 Å². The van der Waals surface area contributed by atoms with Crippen LogP contribution in [0.4, 0.5) is 5.69 Å². The lowest BCUT2D eigenvalue weighted by Crippen LogP contribution is -2.40. The van der Waals surface area contributed by atoms with Crippen LogP contribution in [0.2, 0.25) is 0 Å². The van der Waals surface area contributed by atoms with E-state index in [1.54, 1.807) is 30.5 Å². The number of carbonyl (C=O) groups excluding carboxylic acids is 1. The number of rotatable bonds is 7. The second kappa shape index (κ2) is 8.69. The molecule has 0 aliphatic heterocycles. The highest BCUT2D eigenvalue weighted by Gasteiger charge is 2.42. The van der Waals surface area contributed by atoms with Crippen LogP contribution in [-0.4, -0.2) is 31.6 Å². The summed E-state index contributed by atoms with van der Waals surface area (Å²) in [4.78, 5) is 16.9. The maximum Gasteiger partial charge on any atom is 0.258 e. The predicted octanol–water partition coefficient (Wildman–Crippen LogP) is 4.16. The minimum atomic E-state index is -3.60. The van der Waals surface area contributed by atoms with Gasteiger partial charge in [0.05, 0.1) is 10.5 Å². The van der Waals surface area contributed by atoms with Crippen molar-refractivity contribution in [2.24, 2.45) is 17.8 Å². The molecular weight excluding hydrogens is 418 g/mol. The topological polar surface area (TPSA) is 88.2 Å². The van der Waals surface area contributed by atoms with E-state index in [0.29, 0.717) is 28.1 Å². The number of amides is 1. The van der Waals surface area contributed by atoms with Crippen molar-refractivity contribution in [1.29, 1.82) is 0 Å². The highest BCUT2D eigenvalue weighted by atomic mass is 32.2. The van der Waals surface area contributed by atoms with Crippen molar-refractivity contribution in [3.8, 4) is 0 Å². The molecule has 4 atom stereocenters. The standard InChI is InChI=1S/C22H27N3O3S2/c1-14(20-13-15-5-6-16(20)12-15)25-30(27,28)18-9-7-17(8-10-18)24-21(26)19-4-3-11-23-22(19)29-2/h3-4,7-11,14-16,20,25H,5-6,12-13H2,1-2H3,(H,24,26). The molecule has 0 radical (unpaired) electrons. The third-order valence-corrected chi connectivity index (χ3v) is 8.69. The van der Waals surface area contributed by atoms with Gasteiger partial charge in [-0.25, -0.2) is 18.1 Å². The van der Waals surface area contributed by atoms with Crippen LogP contribution in [-0.2, 0) is 10.0 Å². The monoisotopic (exact) mass is 445 g/mol. The Kier molecular flexibility index (Phi) is 6.18. The van der Waals surface area contributed by atoms with Crippen molar-refractivity contribution < 1.29 is 13.2 Å². The van der Waals surface area contributed by atoms with Gasteiger partial charge in [-0.15, -0.1) is 11.8 Å². The molecule has 30 heavy (non-hydrogen) atoms. The highest BCUT2D eigenvalue weighted by Crippen LogP contribution is 2.49. The number of pyridine rings is 1. The van der Waals surface area contributed by atoms with E-state index in [1.165, 1.54) is 43.2 Å². The van der Waals surface area contributed by atoms with Gasteiger partial charge >= 0.3 is 0 Å². The minimum absolute atomic E-state index is 0.0692. The van der Waals surface area contributed by atoms with Crippen LogP contribution in [0.1, 0.15) is 43.0 Å². The molecule has 2 aliphatic rings. The first-order valence-electron chi connectivity index (χ1n) is 10.3. The first kappa shape index (κ1) is 21.3. The van der Waals surface area contributed by atoms with Crippen LogP contribution >= 0.6 is 11.8 Å². The van der Waals surface area contributed by atoms with Crippen molar-refractivity contribution in [3.63, 3.8) is 0 Å². The van der Waals surface area contributed by atoms with Crippen molar-refractivity contribution >= 4 is 33.4 Å². The molecule has 4 rings (SSSR count). The molecule has 4 unspecified atom stereocenters. The molecule has 0 saturated heterocycles. The number of hydrogen-bond donors (Lipinski definition) is 2. The van der Waals surface area contributed by atoms with E-state index in [-0.39, 0.29) is 16.8 Å². The molecule has 2 saturated carbocycles. The van der Waals surface area contributed by atoms with E-state index in [4.69, 9.17) is 0 Å². The number of benzene rings is 1. The van der Waals surface area contributed by atoms with Crippen molar-refractivity contribution in [2.45, 2.75) is 48.6 Å². The quantitative estimate of drug-likeness (QED) is 0.625. The molecule has 1 aromatic heterocycles. The molecule has 1 amide bonds. The third-order valence-electron chi connectivity index (χ3n) is 6.41. The Morgan fingerprint density at radius 1 is 1.17 bits per heavy atom. The summed E-state index contributed by atoms with van der Waals surface area (Å²) in [5.41, 5.74) is 1.03. The average molecular weight is 446 g/mol. The molecule has 1 aromatic carbocycles. The summed E-state index contributed by atoms with van der Waals surface area (Å²) in [5, 5.41) is 3.45. The van der Waals surface area contributed by atoms with E-state index >= 15 is 0 Å². The van der Waals surface area contributed by atoms with E-state index in [9.17, 15) is 13.2 Å². The lowest BCUT2D eigenvalue weighted by atomic mass is 9.84. The number of thioether (sulfide) groups is 1. The van der Waals surface area contributed by atoms with E-state index in [0.717, 1.165) is 12.3 Å². The van der Waals surface area contributed by atoms with Crippen LogP contribution in [0.3, 0.4) is 0 Å². The zero-order valence-electron chi connectivity index (χ0n) is 17.2. The number of nitrogens with zero attached hydrogens (tertiary/aromatic N) is 1. The Bertz CT molecular complexity index is 1020. The number of fused-ring (bicyclic) bond motifs is 2. The molecule has 1 heterocycles. The number of aromatic nitrogens is 1. The molecule has 8 heteroatoms. The second-order valence-corrected chi connectivity index (χ2v) is 10.8. The third kappa shape index (κ3) is 4.40. The SMILES string of the molecule is CSc1ncccc1C(=O)Nc1ccc(S(=O)(=O)NC(C)C2CC3CCC2C3)cc1. The van der Waals surface area contributed by atoms with Gasteiger partial charge in [0.1, 0.15) is 5.03 Å². The summed E-state index contributed by atoms with van der Waals surface area (Å²) in [6.07, 6.45) is 8.42. The normalized spacial score (nSPS) is 24.0. The molecule has 0 spiro atoms. The molecule has 2 fully saturated rings. The van der Waals surface area contributed by atoms with Gasteiger partial charge in [-0.2, -0.15) is 0 Å². The minimum Gasteiger partial charge on any atom is -0.322 e. The second-order valence-electron chi connectivity index (χ2n) is 8.29. The Morgan fingerprint density at radius 2 is 1.93 bits per heavy atom. The largest absolute Gasteiger partial charge is 0.322 e. The van der Waals surface area contributed by atoms with E-state index in [1.807, 2.05) is 13.2 Å². The molecule has 2 bridgehead atoms. The van der Waals surface area contributed by atoms with Gasteiger partial charge in [0, 0.05) is 17.9 Å². The Labute approximate surface area is 182 Å². The van der Waals surface area contributed by atoms with Gasteiger partial charge in [0.2, 0.25) is 10.0 Å². The van der Waals surface area contributed by atoms with E-state index in [2.05, 4.69) is 15.0 Å². The van der Waals surface area contributed by atoms with Crippen LogP contribution in [0.25, 0.3) is 0 Å². The smallest absolute Gasteiger partial charge is 0.258 e. The molecular formula is C22H27N3O3S2.